The lowest BCUT2D eigenvalue weighted by molar-refractivity contribution is 0.0739. The standard InChI is InChI=1S/C17H25N3O3S.ClH/c1-19(14-9-10-18-13-14)17(21)15-7-3-4-8-16(15)24(22,23)20-11-5-2-6-12-20;/h3-4,7-8,14,18H,2,5-6,9-13H2,1H3;1H. The molecule has 1 aromatic rings. The fourth-order valence-electron chi connectivity index (χ4n) is 3.44. The van der Waals surface area contributed by atoms with Crippen LogP contribution in [-0.2, 0) is 10.0 Å². The van der Waals surface area contributed by atoms with Crippen molar-refractivity contribution >= 4 is 28.3 Å². The molecule has 0 radical (unpaired) electrons. The number of sulfonamides is 1. The third kappa shape index (κ3) is 4.16. The first-order valence-corrected chi connectivity index (χ1v) is 10.0. The molecule has 0 aromatic heterocycles. The number of piperidine rings is 1. The molecule has 0 aliphatic carbocycles. The third-order valence-electron chi connectivity index (χ3n) is 4.95. The van der Waals surface area contributed by atoms with E-state index in [1.54, 1.807) is 36.2 Å². The molecule has 3 rings (SSSR count). The van der Waals surface area contributed by atoms with E-state index in [1.807, 2.05) is 0 Å². The van der Waals surface area contributed by atoms with Crippen molar-refractivity contribution in [2.75, 3.05) is 33.2 Å². The minimum Gasteiger partial charge on any atom is -0.337 e. The second-order valence-electron chi connectivity index (χ2n) is 6.52. The molecule has 0 saturated carbocycles. The summed E-state index contributed by atoms with van der Waals surface area (Å²) in [6.45, 7) is 2.71. The Balaban J connectivity index is 0.00000225. The zero-order valence-electron chi connectivity index (χ0n) is 14.5. The van der Waals surface area contributed by atoms with Crippen molar-refractivity contribution < 1.29 is 13.2 Å². The second kappa shape index (κ2) is 8.49. The molecule has 1 atom stereocenters. The summed E-state index contributed by atoms with van der Waals surface area (Å²) in [5.74, 6) is -0.222. The number of carbonyl (C=O) groups excluding carboxylic acids is 1. The summed E-state index contributed by atoms with van der Waals surface area (Å²) in [4.78, 5) is 14.7. The Bertz CT molecular complexity index is 699. The van der Waals surface area contributed by atoms with Crippen LogP contribution < -0.4 is 5.32 Å². The van der Waals surface area contributed by atoms with E-state index in [0.717, 1.165) is 38.8 Å². The van der Waals surface area contributed by atoms with Crippen molar-refractivity contribution in [1.82, 2.24) is 14.5 Å². The molecule has 0 bridgehead atoms. The number of likely N-dealkylation sites (N-methyl/N-ethyl adjacent to an activating group) is 1. The van der Waals surface area contributed by atoms with Gasteiger partial charge in [0, 0.05) is 32.7 Å². The Morgan fingerprint density at radius 1 is 1.20 bits per heavy atom. The van der Waals surface area contributed by atoms with Gasteiger partial charge in [0.25, 0.3) is 5.91 Å². The first-order chi connectivity index (χ1) is 11.5. The molecule has 8 heteroatoms. The van der Waals surface area contributed by atoms with Crippen molar-refractivity contribution in [3.63, 3.8) is 0 Å². The summed E-state index contributed by atoms with van der Waals surface area (Å²) in [7, 11) is -1.87. The van der Waals surface area contributed by atoms with E-state index in [2.05, 4.69) is 5.32 Å². The molecule has 2 aliphatic heterocycles. The highest BCUT2D eigenvalue weighted by atomic mass is 35.5. The zero-order valence-corrected chi connectivity index (χ0v) is 16.1. The predicted molar refractivity (Wildman–Crippen MR) is 99.7 cm³/mol. The summed E-state index contributed by atoms with van der Waals surface area (Å²) in [6.07, 6.45) is 3.71. The van der Waals surface area contributed by atoms with E-state index >= 15 is 0 Å². The molecule has 2 saturated heterocycles. The first-order valence-electron chi connectivity index (χ1n) is 8.59. The summed E-state index contributed by atoms with van der Waals surface area (Å²) in [6, 6.07) is 6.70. The van der Waals surface area contributed by atoms with Crippen LogP contribution >= 0.6 is 12.4 Å². The van der Waals surface area contributed by atoms with Crippen LogP contribution in [0.5, 0.6) is 0 Å². The van der Waals surface area contributed by atoms with Gasteiger partial charge in [-0.2, -0.15) is 4.31 Å². The normalized spacial score (nSPS) is 21.6. The van der Waals surface area contributed by atoms with E-state index in [-0.39, 0.29) is 34.8 Å². The van der Waals surface area contributed by atoms with Crippen molar-refractivity contribution in [3.05, 3.63) is 29.8 Å². The van der Waals surface area contributed by atoms with E-state index in [9.17, 15) is 13.2 Å². The highest BCUT2D eigenvalue weighted by Crippen LogP contribution is 2.25. The van der Waals surface area contributed by atoms with Crippen LogP contribution in [0.4, 0.5) is 0 Å². The Labute approximate surface area is 156 Å². The molecule has 1 N–H and O–H groups in total. The number of carbonyl (C=O) groups is 1. The van der Waals surface area contributed by atoms with Crippen LogP contribution in [0.3, 0.4) is 0 Å². The minimum atomic E-state index is -3.62. The summed E-state index contributed by atoms with van der Waals surface area (Å²) in [5.41, 5.74) is 0.275. The van der Waals surface area contributed by atoms with Crippen LogP contribution in [0.25, 0.3) is 0 Å². The van der Waals surface area contributed by atoms with Gasteiger partial charge in [-0.3, -0.25) is 4.79 Å². The topological polar surface area (TPSA) is 69.7 Å². The molecule has 1 unspecified atom stereocenters. The maximum absolute atomic E-state index is 13.0. The molecule has 1 aromatic carbocycles. The van der Waals surface area contributed by atoms with Crippen molar-refractivity contribution in [3.8, 4) is 0 Å². The molecular formula is C17H26ClN3O3S. The predicted octanol–water partition coefficient (Wildman–Crippen LogP) is 1.72. The maximum Gasteiger partial charge on any atom is 0.255 e. The van der Waals surface area contributed by atoms with Crippen molar-refractivity contribution in [2.24, 2.45) is 0 Å². The lowest BCUT2D eigenvalue weighted by atomic mass is 10.1. The smallest absolute Gasteiger partial charge is 0.255 e. The highest BCUT2D eigenvalue weighted by Gasteiger charge is 2.32. The Morgan fingerprint density at radius 3 is 2.52 bits per heavy atom. The van der Waals surface area contributed by atoms with Gasteiger partial charge in [0.2, 0.25) is 10.0 Å². The fourth-order valence-corrected chi connectivity index (χ4v) is 5.14. The maximum atomic E-state index is 13.0. The molecule has 0 spiro atoms. The number of amides is 1. The van der Waals surface area contributed by atoms with Gasteiger partial charge in [0.15, 0.2) is 0 Å². The number of halogens is 1. The fraction of sp³-hybridized carbons (Fsp3) is 0.588. The van der Waals surface area contributed by atoms with Crippen LogP contribution in [0.15, 0.2) is 29.2 Å². The zero-order chi connectivity index (χ0) is 17.2. The summed E-state index contributed by atoms with van der Waals surface area (Å²) < 4.78 is 27.5. The van der Waals surface area contributed by atoms with E-state index < -0.39 is 10.0 Å². The van der Waals surface area contributed by atoms with Gasteiger partial charge in [-0.1, -0.05) is 18.6 Å². The number of rotatable bonds is 4. The molecule has 1 amide bonds. The lowest BCUT2D eigenvalue weighted by Gasteiger charge is -2.28. The SMILES string of the molecule is CN(C(=O)c1ccccc1S(=O)(=O)N1CCCCC1)C1CCNC1.Cl. The Morgan fingerprint density at radius 2 is 1.88 bits per heavy atom. The Kier molecular flexibility index (Phi) is 6.85. The van der Waals surface area contributed by atoms with Gasteiger partial charge in [-0.25, -0.2) is 8.42 Å². The van der Waals surface area contributed by atoms with Gasteiger partial charge in [-0.05, 0) is 37.9 Å². The first kappa shape index (κ1) is 20.2. The third-order valence-corrected chi connectivity index (χ3v) is 6.91. The average molecular weight is 388 g/mol. The van der Waals surface area contributed by atoms with Gasteiger partial charge in [0.1, 0.15) is 0 Å². The highest BCUT2D eigenvalue weighted by molar-refractivity contribution is 7.89. The van der Waals surface area contributed by atoms with E-state index in [1.165, 1.54) is 4.31 Å². The number of benzene rings is 1. The summed E-state index contributed by atoms with van der Waals surface area (Å²) in [5, 5.41) is 3.24. The molecule has 25 heavy (non-hydrogen) atoms. The van der Waals surface area contributed by atoms with Gasteiger partial charge >= 0.3 is 0 Å². The van der Waals surface area contributed by atoms with Gasteiger partial charge in [-0.15, -0.1) is 12.4 Å². The van der Waals surface area contributed by atoms with Crippen LogP contribution in [0.1, 0.15) is 36.0 Å². The number of hydrogen-bond donors (Lipinski definition) is 1. The van der Waals surface area contributed by atoms with Crippen LogP contribution in [-0.4, -0.2) is 62.8 Å². The quantitative estimate of drug-likeness (QED) is 0.854. The number of nitrogens with one attached hydrogen (secondary N) is 1. The largest absolute Gasteiger partial charge is 0.337 e. The second-order valence-corrected chi connectivity index (χ2v) is 8.43. The molecule has 140 valence electrons. The van der Waals surface area contributed by atoms with Gasteiger partial charge < -0.3 is 10.2 Å². The summed E-state index contributed by atoms with van der Waals surface area (Å²) >= 11 is 0. The number of nitrogens with zero attached hydrogens (tertiary/aromatic N) is 2. The van der Waals surface area contributed by atoms with Crippen molar-refractivity contribution in [1.29, 1.82) is 0 Å². The van der Waals surface area contributed by atoms with Crippen molar-refractivity contribution in [2.45, 2.75) is 36.6 Å². The van der Waals surface area contributed by atoms with E-state index in [0.29, 0.717) is 13.1 Å². The number of hydrogen-bond acceptors (Lipinski definition) is 4. The van der Waals surface area contributed by atoms with Crippen LogP contribution in [0, 0.1) is 0 Å². The average Bonchev–Trinajstić information content (AvgIpc) is 3.16. The molecule has 6 nitrogen and oxygen atoms in total. The van der Waals surface area contributed by atoms with E-state index in [4.69, 9.17) is 0 Å². The lowest BCUT2D eigenvalue weighted by Crippen LogP contribution is -2.40. The van der Waals surface area contributed by atoms with Crippen LogP contribution in [0.2, 0.25) is 0 Å². The molecule has 2 aliphatic rings. The minimum absolute atomic E-state index is 0. The molecule has 2 fully saturated rings. The molecule has 2 heterocycles. The monoisotopic (exact) mass is 387 g/mol. The Hall–Kier alpha value is -1.15. The molecular weight excluding hydrogens is 362 g/mol. The van der Waals surface area contributed by atoms with Gasteiger partial charge in [0.05, 0.1) is 10.5 Å².